The van der Waals surface area contributed by atoms with E-state index in [1.54, 1.807) is 6.92 Å². The van der Waals surface area contributed by atoms with Crippen molar-refractivity contribution in [3.63, 3.8) is 0 Å². The predicted molar refractivity (Wildman–Crippen MR) is 67.0 cm³/mol. The number of nitrogens with zero attached hydrogens (tertiary/aromatic N) is 1. The van der Waals surface area contributed by atoms with Crippen LogP contribution in [-0.4, -0.2) is 16.1 Å². The highest BCUT2D eigenvalue weighted by Crippen LogP contribution is 2.19. The molecule has 1 heterocycles. The zero-order valence-electron chi connectivity index (χ0n) is 9.97. The Kier molecular flexibility index (Phi) is 3.09. The molecule has 0 aliphatic carbocycles. The number of rotatable bonds is 3. The van der Waals surface area contributed by atoms with E-state index in [-0.39, 0.29) is 5.92 Å². The topological polar surface area (TPSA) is 50.2 Å². The zero-order chi connectivity index (χ0) is 12.4. The van der Waals surface area contributed by atoms with Crippen molar-refractivity contribution in [3.8, 4) is 0 Å². The Morgan fingerprint density at radius 1 is 1.41 bits per heavy atom. The molecule has 3 nitrogen and oxygen atoms in total. The van der Waals surface area contributed by atoms with Gasteiger partial charge >= 0.3 is 5.97 Å². The Labute approximate surface area is 100 Å². The van der Waals surface area contributed by atoms with Gasteiger partial charge in [-0.15, -0.1) is 0 Å². The Morgan fingerprint density at radius 2 is 2.12 bits per heavy atom. The quantitative estimate of drug-likeness (QED) is 0.880. The number of carboxylic acid groups (broad SMARTS) is 1. The van der Waals surface area contributed by atoms with Crippen molar-refractivity contribution in [1.29, 1.82) is 0 Å². The Hall–Kier alpha value is -1.90. The van der Waals surface area contributed by atoms with Crippen LogP contribution in [0.5, 0.6) is 0 Å². The summed E-state index contributed by atoms with van der Waals surface area (Å²) in [7, 11) is 0. The van der Waals surface area contributed by atoms with Gasteiger partial charge in [-0.3, -0.25) is 9.78 Å². The van der Waals surface area contributed by atoms with Crippen molar-refractivity contribution >= 4 is 16.9 Å². The van der Waals surface area contributed by atoms with Gasteiger partial charge in [-0.2, -0.15) is 0 Å². The van der Waals surface area contributed by atoms with Crippen LogP contribution in [0.1, 0.15) is 18.2 Å². The van der Waals surface area contributed by atoms with Crippen LogP contribution in [0, 0.1) is 12.8 Å². The average Bonchev–Trinajstić information content (AvgIpc) is 2.29. The molecule has 2 rings (SSSR count). The van der Waals surface area contributed by atoms with Crippen LogP contribution >= 0.6 is 0 Å². The molecule has 0 amide bonds. The van der Waals surface area contributed by atoms with Gasteiger partial charge in [0.05, 0.1) is 11.4 Å². The normalized spacial score (nSPS) is 12.6. The summed E-state index contributed by atoms with van der Waals surface area (Å²) in [6.45, 7) is 3.65. The van der Waals surface area contributed by atoms with Crippen molar-refractivity contribution in [1.82, 2.24) is 4.98 Å². The minimum Gasteiger partial charge on any atom is -0.481 e. The van der Waals surface area contributed by atoms with E-state index in [1.807, 2.05) is 37.3 Å². The van der Waals surface area contributed by atoms with Gasteiger partial charge < -0.3 is 5.11 Å². The van der Waals surface area contributed by atoms with E-state index in [2.05, 4.69) is 4.98 Å². The number of carboxylic acids is 1. The molecule has 2 aromatic rings. The number of benzene rings is 1. The fourth-order valence-corrected chi connectivity index (χ4v) is 1.88. The number of aliphatic carboxylic acids is 1. The van der Waals surface area contributed by atoms with E-state index in [1.165, 1.54) is 0 Å². The van der Waals surface area contributed by atoms with E-state index in [9.17, 15) is 4.79 Å². The van der Waals surface area contributed by atoms with Crippen LogP contribution in [0.25, 0.3) is 10.9 Å². The molecule has 0 aliphatic rings. The predicted octanol–water partition coefficient (Wildman–Crippen LogP) is 2.81. The number of hydrogen-bond acceptors (Lipinski definition) is 2. The minimum absolute atomic E-state index is 0.378. The van der Waals surface area contributed by atoms with Crippen LogP contribution in [0.15, 0.2) is 30.3 Å². The third-order valence-electron chi connectivity index (χ3n) is 2.97. The molecule has 0 saturated heterocycles. The monoisotopic (exact) mass is 229 g/mol. The first-order chi connectivity index (χ1) is 8.08. The van der Waals surface area contributed by atoms with Crippen molar-refractivity contribution < 1.29 is 9.90 Å². The number of aromatic nitrogens is 1. The standard InChI is InChI=1S/C14H15NO2/c1-9(14(16)17)7-12-8-11-5-3-4-6-13(11)15-10(12)2/h3-6,8-9H,7H2,1-2H3,(H,16,17). The molecule has 0 spiro atoms. The number of pyridine rings is 1. The third kappa shape index (κ3) is 2.44. The molecule has 0 aliphatic heterocycles. The van der Waals surface area contributed by atoms with Gasteiger partial charge in [-0.05, 0) is 31.0 Å². The number of aryl methyl sites for hydroxylation is 1. The first kappa shape index (κ1) is 11.6. The summed E-state index contributed by atoms with van der Waals surface area (Å²) in [6.07, 6.45) is 0.527. The minimum atomic E-state index is -0.766. The molecule has 1 atom stereocenters. The summed E-state index contributed by atoms with van der Waals surface area (Å²) in [5.74, 6) is -1.14. The third-order valence-corrected chi connectivity index (χ3v) is 2.97. The molecule has 3 heteroatoms. The SMILES string of the molecule is Cc1nc2ccccc2cc1CC(C)C(=O)O. The summed E-state index contributed by atoms with van der Waals surface area (Å²) in [6, 6.07) is 9.92. The summed E-state index contributed by atoms with van der Waals surface area (Å²) in [5.41, 5.74) is 2.88. The smallest absolute Gasteiger partial charge is 0.306 e. The van der Waals surface area contributed by atoms with E-state index >= 15 is 0 Å². The van der Waals surface area contributed by atoms with Gasteiger partial charge in [0.2, 0.25) is 0 Å². The summed E-state index contributed by atoms with van der Waals surface area (Å²) >= 11 is 0. The van der Waals surface area contributed by atoms with E-state index in [4.69, 9.17) is 5.11 Å². The Bertz CT molecular complexity index is 563. The summed E-state index contributed by atoms with van der Waals surface area (Å²) in [4.78, 5) is 15.4. The van der Waals surface area contributed by atoms with Crippen LogP contribution in [0.4, 0.5) is 0 Å². The average molecular weight is 229 g/mol. The second kappa shape index (κ2) is 4.53. The first-order valence-corrected chi connectivity index (χ1v) is 5.66. The van der Waals surface area contributed by atoms with Crippen molar-refractivity contribution in [2.45, 2.75) is 20.3 Å². The largest absolute Gasteiger partial charge is 0.481 e. The van der Waals surface area contributed by atoms with Crippen molar-refractivity contribution in [2.75, 3.05) is 0 Å². The van der Waals surface area contributed by atoms with Gasteiger partial charge in [0.1, 0.15) is 0 Å². The highest BCUT2D eigenvalue weighted by molar-refractivity contribution is 5.79. The maximum atomic E-state index is 10.9. The molecule has 0 fully saturated rings. The Balaban J connectivity index is 2.40. The van der Waals surface area contributed by atoms with E-state index in [0.29, 0.717) is 6.42 Å². The van der Waals surface area contributed by atoms with Gasteiger partial charge in [0.15, 0.2) is 0 Å². The maximum Gasteiger partial charge on any atom is 0.306 e. The molecular formula is C14H15NO2. The molecule has 1 aromatic carbocycles. The summed E-state index contributed by atoms with van der Waals surface area (Å²) in [5, 5.41) is 9.99. The molecule has 0 radical (unpaired) electrons. The van der Waals surface area contributed by atoms with Crippen LogP contribution in [0.3, 0.4) is 0 Å². The van der Waals surface area contributed by atoms with Crippen molar-refractivity contribution in [3.05, 3.63) is 41.6 Å². The second-order valence-electron chi connectivity index (χ2n) is 4.37. The Morgan fingerprint density at radius 3 is 2.82 bits per heavy atom. The lowest BCUT2D eigenvalue weighted by atomic mass is 9.99. The fraction of sp³-hybridized carbons (Fsp3) is 0.286. The molecule has 1 unspecified atom stereocenters. The molecule has 17 heavy (non-hydrogen) atoms. The van der Waals surface area contributed by atoms with Crippen LogP contribution in [0.2, 0.25) is 0 Å². The lowest BCUT2D eigenvalue weighted by Crippen LogP contribution is -2.13. The maximum absolute atomic E-state index is 10.9. The van der Waals surface area contributed by atoms with Crippen LogP contribution < -0.4 is 0 Å². The molecule has 88 valence electrons. The highest BCUT2D eigenvalue weighted by atomic mass is 16.4. The van der Waals surface area contributed by atoms with Gasteiger partial charge in [-0.25, -0.2) is 0 Å². The second-order valence-corrected chi connectivity index (χ2v) is 4.37. The molecular weight excluding hydrogens is 214 g/mol. The molecule has 1 N–H and O–H groups in total. The molecule has 1 aromatic heterocycles. The zero-order valence-corrected chi connectivity index (χ0v) is 9.97. The molecule has 0 bridgehead atoms. The molecule has 0 saturated carbocycles. The van der Waals surface area contributed by atoms with E-state index in [0.717, 1.165) is 22.2 Å². The van der Waals surface area contributed by atoms with Crippen LogP contribution in [-0.2, 0) is 11.2 Å². The lowest BCUT2D eigenvalue weighted by Gasteiger charge is -2.10. The van der Waals surface area contributed by atoms with Gasteiger partial charge in [0, 0.05) is 11.1 Å². The number of para-hydroxylation sites is 1. The highest BCUT2D eigenvalue weighted by Gasteiger charge is 2.13. The van der Waals surface area contributed by atoms with Gasteiger partial charge in [0.25, 0.3) is 0 Å². The first-order valence-electron chi connectivity index (χ1n) is 5.66. The summed E-state index contributed by atoms with van der Waals surface area (Å²) < 4.78 is 0. The van der Waals surface area contributed by atoms with Crippen molar-refractivity contribution in [2.24, 2.45) is 5.92 Å². The lowest BCUT2D eigenvalue weighted by molar-refractivity contribution is -0.141. The number of carbonyl (C=O) groups is 1. The number of hydrogen-bond donors (Lipinski definition) is 1. The van der Waals surface area contributed by atoms with Gasteiger partial charge in [-0.1, -0.05) is 25.1 Å². The fourth-order valence-electron chi connectivity index (χ4n) is 1.88. The van der Waals surface area contributed by atoms with E-state index < -0.39 is 5.97 Å². The number of fused-ring (bicyclic) bond motifs is 1.